The predicted octanol–water partition coefficient (Wildman–Crippen LogP) is 2.07. The second-order valence-electron chi connectivity index (χ2n) is 5.75. The van der Waals surface area contributed by atoms with Crippen molar-refractivity contribution in [2.45, 2.75) is 4.90 Å². The number of primary sulfonamides is 1. The molecule has 1 heterocycles. The van der Waals surface area contributed by atoms with E-state index >= 15 is 0 Å². The van der Waals surface area contributed by atoms with Crippen molar-refractivity contribution in [1.82, 2.24) is 9.78 Å². The molecule has 0 radical (unpaired) electrons. The molecule has 0 atom stereocenters. The molecule has 3 rings (SSSR count). The summed E-state index contributed by atoms with van der Waals surface area (Å²) >= 11 is 0. The quantitative estimate of drug-likeness (QED) is 0.506. The molecule has 1 aromatic heterocycles. The van der Waals surface area contributed by atoms with Gasteiger partial charge in [0.05, 0.1) is 16.8 Å². The Kier molecular flexibility index (Phi) is 5.35. The molecule has 3 N–H and O–H groups in total. The summed E-state index contributed by atoms with van der Waals surface area (Å²) < 4.78 is 24.1. The van der Waals surface area contributed by atoms with E-state index < -0.39 is 15.9 Å². The van der Waals surface area contributed by atoms with Crippen LogP contribution >= 0.6 is 0 Å². The van der Waals surface area contributed by atoms with Crippen LogP contribution in [0.4, 0.5) is 5.69 Å². The number of hydrogen-bond acceptors (Lipinski definition) is 5. The molecular weight excluding hydrogens is 378 g/mol. The number of nitriles is 1. The molecule has 0 saturated heterocycles. The largest absolute Gasteiger partial charge is 0.321 e. The second kappa shape index (κ2) is 7.87. The number of hydrogen-bond donors (Lipinski definition) is 2. The molecule has 0 aliphatic rings. The topological polar surface area (TPSA) is 131 Å². The normalized spacial score (nSPS) is 11.6. The van der Waals surface area contributed by atoms with E-state index in [0.29, 0.717) is 11.3 Å². The third-order valence-electron chi connectivity index (χ3n) is 3.74. The maximum absolute atomic E-state index is 12.3. The van der Waals surface area contributed by atoms with E-state index in [4.69, 9.17) is 5.14 Å². The van der Waals surface area contributed by atoms with Crippen LogP contribution in [0.2, 0.25) is 0 Å². The van der Waals surface area contributed by atoms with Crippen LogP contribution in [0.15, 0.2) is 77.5 Å². The predicted molar refractivity (Wildman–Crippen MR) is 104 cm³/mol. The molecule has 0 bridgehead atoms. The van der Waals surface area contributed by atoms with Crippen molar-refractivity contribution >= 4 is 27.7 Å². The Hall–Kier alpha value is -3.74. The highest BCUT2D eigenvalue weighted by Gasteiger charge is 2.12. The highest BCUT2D eigenvalue weighted by atomic mass is 32.2. The number of aromatic nitrogens is 2. The van der Waals surface area contributed by atoms with E-state index in [1.54, 1.807) is 17.1 Å². The van der Waals surface area contributed by atoms with E-state index in [1.165, 1.54) is 30.3 Å². The van der Waals surface area contributed by atoms with E-state index in [-0.39, 0.29) is 10.5 Å². The highest BCUT2D eigenvalue weighted by molar-refractivity contribution is 7.89. The molecule has 9 heteroatoms. The minimum Gasteiger partial charge on any atom is -0.321 e. The summed E-state index contributed by atoms with van der Waals surface area (Å²) in [5.41, 5.74) is 1.64. The summed E-state index contributed by atoms with van der Waals surface area (Å²) in [6.45, 7) is 0. The SMILES string of the molecule is N#C/C(=C\c1cnn(-c2ccccc2)c1)C(=O)Nc1ccc(S(N)(=O)=O)cc1. The number of sulfonamides is 1. The first kappa shape index (κ1) is 19.0. The van der Waals surface area contributed by atoms with Crippen LogP contribution in [0.5, 0.6) is 0 Å². The Bertz CT molecular complexity index is 1170. The van der Waals surface area contributed by atoms with Crippen molar-refractivity contribution in [2.75, 3.05) is 5.32 Å². The van der Waals surface area contributed by atoms with Crippen molar-refractivity contribution in [2.24, 2.45) is 5.14 Å². The third-order valence-corrected chi connectivity index (χ3v) is 4.67. The number of nitrogens with one attached hydrogen (secondary N) is 1. The minimum atomic E-state index is -3.82. The molecule has 0 aliphatic heterocycles. The summed E-state index contributed by atoms with van der Waals surface area (Å²) in [6.07, 6.45) is 4.65. The van der Waals surface area contributed by atoms with Crippen LogP contribution in [0.25, 0.3) is 11.8 Å². The third kappa shape index (κ3) is 4.50. The summed E-state index contributed by atoms with van der Waals surface area (Å²) in [6, 6.07) is 16.6. The van der Waals surface area contributed by atoms with Gasteiger partial charge in [0.2, 0.25) is 10.0 Å². The lowest BCUT2D eigenvalue weighted by Gasteiger charge is -2.05. The molecule has 0 fully saturated rings. The molecule has 0 saturated carbocycles. The Labute approximate surface area is 161 Å². The van der Waals surface area contributed by atoms with E-state index in [1.807, 2.05) is 36.4 Å². The average molecular weight is 393 g/mol. The van der Waals surface area contributed by atoms with Crippen LogP contribution in [0.1, 0.15) is 5.56 Å². The lowest BCUT2D eigenvalue weighted by molar-refractivity contribution is -0.112. The summed E-state index contributed by atoms with van der Waals surface area (Å²) in [4.78, 5) is 12.3. The molecule has 2 aromatic carbocycles. The lowest BCUT2D eigenvalue weighted by Crippen LogP contribution is -2.14. The first-order valence-corrected chi connectivity index (χ1v) is 9.57. The second-order valence-corrected chi connectivity index (χ2v) is 7.31. The number of carbonyl (C=O) groups is 1. The number of nitrogens with two attached hydrogens (primary N) is 1. The van der Waals surface area contributed by atoms with Gasteiger partial charge in [0.1, 0.15) is 11.6 Å². The van der Waals surface area contributed by atoms with Gasteiger partial charge in [0, 0.05) is 17.4 Å². The molecule has 0 spiro atoms. The summed E-state index contributed by atoms with van der Waals surface area (Å²) in [7, 11) is -3.82. The molecule has 140 valence electrons. The fourth-order valence-corrected chi connectivity index (χ4v) is 2.89. The summed E-state index contributed by atoms with van der Waals surface area (Å²) in [5, 5.41) is 21.1. The fraction of sp³-hybridized carbons (Fsp3) is 0. The average Bonchev–Trinajstić information content (AvgIpc) is 3.15. The van der Waals surface area contributed by atoms with E-state index in [9.17, 15) is 18.5 Å². The van der Waals surface area contributed by atoms with Gasteiger partial charge in [-0.1, -0.05) is 18.2 Å². The number of benzene rings is 2. The van der Waals surface area contributed by atoms with Gasteiger partial charge in [0.25, 0.3) is 5.91 Å². The minimum absolute atomic E-state index is 0.0742. The van der Waals surface area contributed by atoms with E-state index in [0.717, 1.165) is 5.69 Å². The molecule has 1 amide bonds. The first-order chi connectivity index (χ1) is 13.4. The Morgan fingerprint density at radius 1 is 1.14 bits per heavy atom. The molecule has 0 unspecified atom stereocenters. The molecule has 3 aromatic rings. The Balaban J connectivity index is 1.77. The first-order valence-electron chi connectivity index (χ1n) is 8.03. The maximum atomic E-state index is 12.3. The van der Waals surface area contributed by atoms with Crippen molar-refractivity contribution in [1.29, 1.82) is 5.26 Å². The molecule has 0 aliphatic carbocycles. The van der Waals surface area contributed by atoms with Gasteiger partial charge in [-0.2, -0.15) is 10.4 Å². The molecule has 28 heavy (non-hydrogen) atoms. The number of para-hydroxylation sites is 1. The molecular formula is C19H15N5O3S. The van der Waals surface area contributed by atoms with Crippen molar-refractivity contribution in [3.63, 3.8) is 0 Å². The number of nitrogens with zero attached hydrogens (tertiary/aromatic N) is 3. The van der Waals surface area contributed by atoms with Crippen LogP contribution in [0.3, 0.4) is 0 Å². The van der Waals surface area contributed by atoms with Crippen molar-refractivity contribution in [3.8, 4) is 11.8 Å². The van der Waals surface area contributed by atoms with Gasteiger partial charge < -0.3 is 5.32 Å². The summed E-state index contributed by atoms with van der Waals surface area (Å²) in [5.74, 6) is -0.627. The van der Waals surface area contributed by atoms with Crippen LogP contribution in [-0.4, -0.2) is 24.1 Å². The van der Waals surface area contributed by atoms with Gasteiger partial charge in [-0.05, 0) is 42.5 Å². The van der Waals surface area contributed by atoms with Gasteiger partial charge in [-0.25, -0.2) is 18.2 Å². The lowest BCUT2D eigenvalue weighted by atomic mass is 10.2. The van der Waals surface area contributed by atoms with Crippen LogP contribution in [0, 0.1) is 11.3 Å². The number of carbonyl (C=O) groups excluding carboxylic acids is 1. The van der Waals surface area contributed by atoms with Gasteiger partial charge in [-0.15, -0.1) is 0 Å². The van der Waals surface area contributed by atoms with Gasteiger partial charge in [-0.3, -0.25) is 4.79 Å². The van der Waals surface area contributed by atoms with Crippen molar-refractivity contribution in [3.05, 3.63) is 78.1 Å². The monoisotopic (exact) mass is 393 g/mol. The zero-order chi connectivity index (χ0) is 20.1. The Morgan fingerprint density at radius 2 is 1.82 bits per heavy atom. The number of anilines is 1. The number of amides is 1. The van der Waals surface area contributed by atoms with Crippen molar-refractivity contribution < 1.29 is 13.2 Å². The fourth-order valence-electron chi connectivity index (χ4n) is 2.37. The molecule has 8 nitrogen and oxygen atoms in total. The van der Waals surface area contributed by atoms with E-state index in [2.05, 4.69) is 10.4 Å². The standard InChI is InChI=1S/C19H15N5O3S/c20-11-15(10-14-12-22-24(13-14)17-4-2-1-3-5-17)19(25)23-16-6-8-18(9-7-16)28(21,26)27/h1-10,12-13H,(H,23,25)(H2,21,26,27)/b15-10+. The highest BCUT2D eigenvalue weighted by Crippen LogP contribution is 2.15. The zero-order valence-corrected chi connectivity index (χ0v) is 15.3. The van der Waals surface area contributed by atoms with Gasteiger partial charge in [0.15, 0.2) is 0 Å². The maximum Gasteiger partial charge on any atom is 0.266 e. The van der Waals surface area contributed by atoms with Crippen LogP contribution in [-0.2, 0) is 14.8 Å². The Morgan fingerprint density at radius 3 is 2.43 bits per heavy atom. The zero-order valence-electron chi connectivity index (χ0n) is 14.5. The van der Waals surface area contributed by atoms with Gasteiger partial charge >= 0.3 is 0 Å². The number of rotatable bonds is 5. The van der Waals surface area contributed by atoms with Crippen LogP contribution < -0.4 is 10.5 Å². The smallest absolute Gasteiger partial charge is 0.266 e.